The summed E-state index contributed by atoms with van der Waals surface area (Å²) in [6, 6.07) is 7.21. The number of benzene rings is 1. The minimum absolute atomic E-state index is 0.0529. The summed E-state index contributed by atoms with van der Waals surface area (Å²) in [4.78, 5) is 28.5. The maximum atomic E-state index is 12.7. The molecular weight excluding hydrogens is 310 g/mol. The van der Waals surface area contributed by atoms with Gasteiger partial charge >= 0.3 is 0 Å². The Kier molecular flexibility index (Phi) is 4.73. The van der Waals surface area contributed by atoms with Crippen molar-refractivity contribution in [2.45, 2.75) is 12.0 Å². The van der Waals surface area contributed by atoms with Crippen LogP contribution in [0.1, 0.15) is 16.8 Å². The van der Waals surface area contributed by atoms with Gasteiger partial charge in [0.25, 0.3) is 5.91 Å². The molecule has 1 atom stereocenters. The molecule has 0 saturated carbocycles. The van der Waals surface area contributed by atoms with E-state index in [2.05, 4.69) is 4.90 Å². The van der Waals surface area contributed by atoms with Crippen molar-refractivity contribution >= 4 is 11.8 Å². The molecule has 0 aliphatic carbocycles. The van der Waals surface area contributed by atoms with Crippen molar-refractivity contribution in [2.75, 3.05) is 46.5 Å². The fraction of sp³-hybridized carbons (Fsp3) is 0.529. The highest BCUT2D eigenvalue weighted by Gasteiger charge is 2.47. The molecule has 130 valence electrons. The number of hydrogen-bond donors (Lipinski definition) is 1. The van der Waals surface area contributed by atoms with E-state index in [1.54, 1.807) is 24.1 Å². The molecule has 0 aromatic heterocycles. The first-order valence-electron chi connectivity index (χ1n) is 8.13. The molecule has 2 N–H and O–H groups in total. The SMILES string of the molecule is COc1ccccc1C(=O)N1CCN(C2(C(N)=O)CCOC2)CC1. The average Bonchev–Trinajstić information content (AvgIpc) is 3.12. The lowest BCUT2D eigenvalue weighted by Crippen LogP contribution is -2.63. The van der Waals surface area contributed by atoms with E-state index in [1.807, 2.05) is 12.1 Å². The summed E-state index contributed by atoms with van der Waals surface area (Å²) in [5.74, 6) is 0.176. The number of carbonyl (C=O) groups is 2. The zero-order valence-corrected chi connectivity index (χ0v) is 13.9. The number of ether oxygens (including phenoxy) is 2. The maximum absolute atomic E-state index is 12.7. The molecule has 24 heavy (non-hydrogen) atoms. The average molecular weight is 333 g/mol. The van der Waals surface area contributed by atoms with Crippen LogP contribution in [0.25, 0.3) is 0 Å². The van der Waals surface area contributed by atoms with Gasteiger partial charge in [0.05, 0.1) is 19.3 Å². The summed E-state index contributed by atoms with van der Waals surface area (Å²) in [5.41, 5.74) is 5.46. The Hall–Kier alpha value is -2.12. The topological polar surface area (TPSA) is 85.1 Å². The van der Waals surface area contributed by atoms with Crippen molar-refractivity contribution in [3.05, 3.63) is 29.8 Å². The molecule has 2 heterocycles. The quantitative estimate of drug-likeness (QED) is 0.844. The summed E-state index contributed by atoms with van der Waals surface area (Å²) in [7, 11) is 1.56. The highest BCUT2D eigenvalue weighted by atomic mass is 16.5. The van der Waals surface area contributed by atoms with Gasteiger partial charge in [-0.25, -0.2) is 0 Å². The molecule has 0 bridgehead atoms. The second-order valence-corrected chi connectivity index (χ2v) is 6.18. The van der Waals surface area contributed by atoms with Gasteiger partial charge in [-0.05, 0) is 12.1 Å². The highest BCUT2D eigenvalue weighted by molar-refractivity contribution is 5.97. The van der Waals surface area contributed by atoms with E-state index in [0.717, 1.165) is 0 Å². The molecule has 0 spiro atoms. The highest BCUT2D eigenvalue weighted by Crippen LogP contribution is 2.28. The Morgan fingerprint density at radius 3 is 2.50 bits per heavy atom. The number of nitrogens with two attached hydrogens (primary N) is 1. The van der Waals surface area contributed by atoms with Gasteiger partial charge in [-0.2, -0.15) is 0 Å². The largest absolute Gasteiger partial charge is 0.496 e. The van der Waals surface area contributed by atoms with Gasteiger partial charge in [-0.3, -0.25) is 14.5 Å². The minimum atomic E-state index is -0.723. The zero-order valence-electron chi connectivity index (χ0n) is 13.9. The van der Waals surface area contributed by atoms with Gasteiger partial charge in [-0.15, -0.1) is 0 Å². The number of nitrogens with zero attached hydrogens (tertiary/aromatic N) is 2. The number of rotatable bonds is 4. The van der Waals surface area contributed by atoms with E-state index in [-0.39, 0.29) is 11.8 Å². The van der Waals surface area contributed by atoms with Gasteiger partial charge in [0.2, 0.25) is 5.91 Å². The van der Waals surface area contributed by atoms with E-state index in [0.29, 0.717) is 57.1 Å². The number of amides is 2. The van der Waals surface area contributed by atoms with Gasteiger partial charge in [-0.1, -0.05) is 12.1 Å². The number of methoxy groups -OCH3 is 1. The predicted octanol–water partition coefficient (Wildman–Crippen LogP) is 0.0974. The third-order valence-corrected chi connectivity index (χ3v) is 4.97. The molecule has 2 aliphatic heterocycles. The lowest BCUT2D eigenvalue weighted by Gasteiger charge is -2.43. The van der Waals surface area contributed by atoms with Gasteiger partial charge in [0, 0.05) is 39.2 Å². The van der Waals surface area contributed by atoms with E-state index < -0.39 is 5.54 Å². The van der Waals surface area contributed by atoms with Crippen LogP contribution in [-0.2, 0) is 9.53 Å². The second kappa shape index (κ2) is 6.78. The third kappa shape index (κ3) is 2.85. The third-order valence-electron chi connectivity index (χ3n) is 4.97. The first kappa shape index (κ1) is 16.7. The summed E-state index contributed by atoms with van der Waals surface area (Å²) < 4.78 is 10.7. The van der Waals surface area contributed by atoms with Crippen LogP contribution >= 0.6 is 0 Å². The van der Waals surface area contributed by atoms with Crippen molar-refractivity contribution in [2.24, 2.45) is 5.73 Å². The van der Waals surface area contributed by atoms with Crippen molar-refractivity contribution in [3.8, 4) is 5.75 Å². The molecule has 0 radical (unpaired) electrons. The fourth-order valence-electron chi connectivity index (χ4n) is 3.48. The van der Waals surface area contributed by atoms with E-state index in [9.17, 15) is 9.59 Å². The lowest BCUT2D eigenvalue weighted by atomic mass is 9.94. The smallest absolute Gasteiger partial charge is 0.257 e. The van der Waals surface area contributed by atoms with Crippen LogP contribution in [0.5, 0.6) is 5.75 Å². The zero-order chi connectivity index (χ0) is 17.2. The van der Waals surface area contributed by atoms with Crippen molar-refractivity contribution < 1.29 is 19.1 Å². The van der Waals surface area contributed by atoms with E-state index in [1.165, 1.54) is 0 Å². The Balaban J connectivity index is 1.69. The Morgan fingerprint density at radius 2 is 1.92 bits per heavy atom. The number of primary amides is 1. The Bertz CT molecular complexity index is 620. The number of carbonyl (C=O) groups excluding carboxylic acids is 2. The van der Waals surface area contributed by atoms with Gasteiger partial charge in [0.1, 0.15) is 11.3 Å². The van der Waals surface area contributed by atoms with Crippen LogP contribution < -0.4 is 10.5 Å². The van der Waals surface area contributed by atoms with Crippen LogP contribution in [0, 0.1) is 0 Å². The lowest BCUT2D eigenvalue weighted by molar-refractivity contribution is -0.131. The molecule has 1 unspecified atom stereocenters. The normalized spacial score (nSPS) is 24.8. The van der Waals surface area contributed by atoms with Crippen LogP contribution in [-0.4, -0.2) is 73.7 Å². The Morgan fingerprint density at radius 1 is 1.21 bits per heavy atom. The monoisotopic (exact) mass is 333 g/mol. The summed E-state index contributed by atoms with van der Waals surface area (Å²) in [5, 5.41) is 0. The molecule has 2 saturated heterocycles. The predicted molar refractivity (Wildman–Crippen MR) is 87.8 cm³/mol. The van der Waals surface area contributed by atoms with E-state index in [4.69, 9.17) is 15.2 Å². The number of piperazine rings is 1. The molecule has 1 aromatic rings. The van der Waals surface area contributed by atoms with Crippen LogP contribution in [0.4, 0.5) is 0 Å². The maximum Gasteiger partial charge on any atom is 0.257 e. The summed E-state index contributed by atoms with van der Waals surface area (Å²) in [6.45, 7) is 3.18. The van der Waals surface area contributed by atoms with Gasteiger partial charge in [0.15, 0.2) is 0 Å². The van der Waals surface area contributed by atoms with Crippen LogP contribution in [0.2, 0.25) is 0 Å². The number of para-hydroxylation sites is 1. The second-order valence-electron chi connectivity index (χ2n) is 6.18. The molecule has 2 amide bonds. The first-order chi connectivity index (χ1) is 11.6. The van der Waals surface area contributed by atoms with Gasteiger partial charge < -0.3 is 20.1 Å². The van der Waals surface area contributed by atoms with Crippen molar-refractivity contribution in [3.63, 3.8) is 0 Å². The standard InChI is InChI=1S/C17H23N3O4/c1-23-14-5-3-2-4-13(14)15(21)19-7-9-20(10-8-19)17(16(18)22)6-11-24-12-17/h2-5H,6-12H2,1H3,(H2,18,22). The molecule has 3 rings (SSSR count). The summed E-state index contributed by atoms with van der Waals surface area (Å²) in [6.07, 6.45) is 0.614. The summed E-state index contributed by atoms with van der Waals surface area (Å²) >= 11 is 0. The van der Waals surface area contributed by atoms with Crippen LogP contribution in [0.3, 0.4) is 0 Å². The van der Waals surface area contributed by atoms with Crippen molar-refractivity contribution in [1.29, 1.82) is 0 Å². The molecule has 2 aliphatic rings. The van der Waals surface area contributed by atoms with Crippen LogP contribution in [0.15, 0.2) is 24.3 Å². The number of hydrogen-bond acceptors (Lipinski definition) is 5. The molecule has 7 heteroatoms. The first-order valence-corrected chi connectivity index (χ1v) is 8.13. The van der Waals surface area contributed by atoms with Crippen molar-refractivity contribution in [1.82, 2.24) is 9.80 Å². The van der Waals surface area contributed by atoms with E-state index >= 15 is 0 Å². The molecule has 1 aromatic carbocycles. The Labute approximate surface area is 141 Å². The minimum Gasteiger partial charge on any atom is -0.496 e. The molecule has 7 nitrogen and oxygen atoms in total. The molecular formula is C17H23N3O4. The molecule has 2 fully saturated rings. The fourth-order valence-corrected chi connectivity index (χ4v) is 3.48.